The van der Waals surface area contributed by atoms with Crippen molar-refractivity contribution in [2.75, 3.05) is 27.3 Å². The van der Waals surface area contributed by atoms with Gasteiger partial charge in [0.1, 0.15) is 0 Å². The van der Waals surface area contributed by atoms with Crippen molar-refractivity contribution in [1.29, 1.82) is 0 Å². The first-order valence-corrected chi connectivity index (χ1v) is 3.66. The smallest absolute Gasteiger partial charge is 0.317 e. The summed E-state index contributed by atoms with van der Waals surface area (Å²) in [5, 5.41) is 20.1. The van der Waals surface area contributed by atoms with E-state index in [1.165, 1.54) is 4.90 Å². The summed E-state index contributed by atoms with van der Waals surface area (Å²) in [6.45, 7) is 0.987. The van der Waals surface area contributed by atoms with E-state index in [-0.39, 0.29) is 19.2 Å². The van der Waals surface area contributed by atoms with Crippen molar-refractivity contribution in [2.45, 2.75) is 12.5 Å². The van der Waals surface area contributed by atoms with Gasteiger partial charge < -0.3 is 20.4 Å². The molecule has 0 spiro atoms. The van der Waals surface area contributed by atoms with E-state index in [4.69, 9.17) is 10.2 Å². The molecule has 0 unspecified atom stereocenters. The highest BCUT2D eigenvalue weighted by atomic mass is 16.3. The number of aliphatic hydroxyl groups excluding tert-OH is 2. The number of hydrogen-bond acceptors (Lipinski definition) is 3. The Morgan fingerprint density at radius 1 is 1.42 bits per heavy atom. The van der Waals surface area contributed by atoms with Gasteiger partial charge >= 0.3 is 6.03 Å². The molecular formula is C7H16N2O3. The number of nitrogens with zero attached hydrogens (tertiary/aromatic N) is 1. The zero-order valence-electron chi connectivity index (χ0n) is 7.66. The maximum atomic E-state index is 11.1. The molecule has 3 N–H and O–H groups in total. The number of urea groups is 1. The van der Waals surface area contributed by atoms with Gasteiger partial charge in [0.15, 0.2) is 0 Å². The summed E-state index contributed by atoms with van der Waals surface area (Å²) in [5.41, 5.74) is -0.943. The predicted molar refractivity (Wildman–Crippen MR) is 44.8 cm³/mol. The van der Waals surface area contributed by atoms with Crippen LogP contribution >= 0.6 is 0 Å². The van der Waals surface area contributed by atoms with Crippen LogP contribution in [0.2, 0.25) is 0 Å². The molecule has 0 aliphatic heterocycles. The summed E-state index contributed by atoms with van der Waals surface area (Å²) in [4.78, 5) is 12.4. The third-order valence-corrected chi connectivity index (χ3v) is 1.51. The second kappa shape index (κ2) is 4.27. The Bertz CT molecular complexity index is 155. The second-order valence-electron chi connectivity index (χ2n) is 3.20. The van der Waals surface area contributed by atoms with Crippen molar-refractivity contribution < 1.29 is 15.0 Å². The number of carbonyl (C=O) groups is 1. The third kappa shape index (κ3) is 3.06. The van der Waals surface area contributed by atoms with E-state index < -0.39 is 5.54 Å². The molecule has 0 fully saturated rings. The van der Waals surface area contributed by atoms with Crippen LogP contribution < -0.4 is 5.32 Å². The lowest BCUT2D eigenvalue weighted by Gasteiger charge is -2.27. The molecule has 0 rings (SSSR count). The van der Waals surface area contributed by atoms with Gasteiger partial charge in [0.2, 0.25) is 0 Å². The van der Waals surface area contributed by atoms with Gasteiger partial charge in [-0.05, 0) is 6.92 Å². The first-order chi connectivity index (χ1) is 5.45. The molecule has 0 aromatic rings. The van der Waals surface area contributed by atoms with Gasteiger partial charge in [-0.3, -0.25) is 0 Å². The molecule has 5 nitrogen and oxygen atoms in total. The number of rotatable bonds is 3. The molecule has 0 saturated carbocycles. The third-order valence-electron chi connectivity index (χ3n) is 1.51. The van der Waals surface area contributed by atoms with Crippen molar-refractivity contribution in [3.63, 3.8) is 0 Å². The highest BCUT2D eigenvalue weighted by molar-refractivity contribution is 5.74. The highest BCUT2D eigenvalue weighted by Gasteiger charge is 2.24. The fourth-order valence-electron chi connectivity index (χ4n) is 0.499. The summed E-state index contributed by atoms with van der Waals surface area (Å²) >= 11 is 0. The Morgan fingerprint density at radius 3 is 2.08 bits per heavy atom. The van der Waals surface area contributed by atoms with Crippen LogP contribution in [0.25, 0.3) is 0 Å². The van der Waals surface area contributed by atoms with E-state index >= 15 is 0 Å². The second-order valence-corrected chi connectivity index (χ2v) is 3.20. The molecule has 0 aromatic carbocycles. The number of carbonyl (C=O) groups excluding carboxylic acids is 1. The summed E-state index contributed by atoms with van der Waals surface area (Å²) in [5.74, 6) is 0. The summed E-state index contributed by atoms with van der Waals surface area (Å²) in [6, 6.07) is -0.333. The Morgan fingerprint density at radius 2 is 1.83 bits per heavy atom. The summed E-state index contributed by atoms with van der Waals surface area (Å²) in [6.07, 6.45) is 0. The van der Waals surface area contributed by atoms with E-state index in [0.29, 0.717) is 0 Å². The van der Waals surface area contributed by atoms with E-state index in [1.807, 2.05) is 0 Å². The van der Waals surface area contributed by atoms with Crippen molar-refractivity contribution in [3.05, 3.63) is 0 Å². The number of hydrogen-bond donors (Lipinski definition) is 3. The minimum atomic E-state index is -0.943. The van der Waals surface area contributed by atoms with Crippen molar-refractivity contribution in [2.24, 2.45) is 0 Å². The van der Waals surface area contributed by atoms with E-state index in [9.17, 15) is 4.79 Å². The molecule has 0 saturated heterocycles. The lowest BCUT2D eigenvalue weighted by molar-refractivity contribution is 0.104. The minimum absolute atomic E-state index is 0.289. The van der Waals surface area contributed by atoms with Gasteiger partial charge in [0.25, 0.3) is 0 Å². The largest absolute Gasteiger partial charge is 0.394 e. The Labute approximate surface area is 72.0 Å². The topological polar surface area (TPSA) is 72.8 Å². The van der Waals surface area contributed by atoms with Crippen LogP contribution in [0.1, 0.15) is 6.92 Å². The van der Waals surface area contributed by atoms with Crippen molar-refractivity contribution >= 4 is 6.03 Å². The first kappa shape index (κ1) is 11.2. The summed E-state index contributed by atoms with van der Waals surface area (Å²) in [7, 11) is 3.18. The molecule has 2 amide bonds. The molecule has 0 aliphatic rings. The van der Waals surface area contributed by atoms with Gasteiger partial charge in [0.05, 0.1) is 18.8 Å². The summed E-state index contributed by atoms with van der Waals surface area (Å²) < 4.78 is 0. The van der Waals surface area contributed by atoms with Gasteiger partial charge in [-0.2, -0.15) is 0 Å². The van der Waals surface area contributed by atoms with Crippen LogP contribution in [0.4, 0.5) is 4.79 Å². The molecule has 5 heteroatoms. The molecule has 0 heterocycles. The van der Waals surface area contributed by atoms with Gasteiger partial charge in [-0.25, -0.2) is 4.79 Å². The fourth-order valence-corrected chi connectivity index (χ4v) is 0.499. The quantitative estimate of drug-likeness (QED) is 0.516. The molecule has 0 radical (unpaired) electrons. The molecule has 0 atom stereocenters. The maximum absolute atomic E-state index is 11.1. The minimum Gasteiger partial charge on any atom is -0.394 e. The van der Waals surface area contributed by atoms with Crippen molar-refractivity contribution in [1.82, 2.24) is 10.2 Å². The Balaban J connectivity index is 4.12. The average Bonchev–Trinajstić information content (AvgIpc) is 2.04. The number of amides is 2. The molecule has 0 aromatic heterocycles. The van der Waals surface area contributed by atoms with E-state index in [1.54, 1.807) is 21.0 Å². The van der Waals surface area contributed by atoms with Crippen LogP contribution in [-0.4, -0.2) is 54.0 Å². The molecule has 0 aliphatic carbocycles. The lowest BCUT2D eigenvalue weighted by Crippen LogP contribution is -2.54. The first-order valence-electron chi connectivity index (χ1n) is 3.66. The maximum Gasteiger partial charge on any atom is 0.317 e. The zero-order valence-corrected chi connectivity index (χ0v) is 7.66. The fraction of sp³-hybridized carbons (Fsp3) is 0.857. The zero-order chi connectivity index (χ0) is 9.78. The Hall–Kier alpha value is -0.810. The molecule has 12 heavy (non-hydrogen) atoms. The molecular weight excluding hydrogens is 160 g/mol. The predicted octanol–water partition coefficient (Wildman–Crippen LogP) is -0.999. The van der Waals surface area contributed by atoms with Crippen LogP contribution in [0.3, 0.4) is 0 Å². The van der Waals surface area contributed by atoms with Crippen molar-refractivity contribution in [3.8, 4) is 0 Å². The van der Waals surface area contributed by atoms with Gasteiger partial charge in [0, 0.05) is 14.1 Å². The van der Waals surface area contributed by atoms with Gasteiger partial charge in [-0.15, -0.1) is 0 Å². The number of aliphatic hydroxyl groups is 2. The van der Waals surface area contributed by atoms with Crippen LogP contribution in [-0.2, 0) is 0 Å². The number of nitrogens with one attached hydrogen (secondary N) is 1. The van der Waals surface area contributed by atoms with Crippen LogP contribution in [0.15, 0.2) is 0 Å². The SMILES string of the molecule is CN(C)C(=O)NC(C)(CO)CO. The normalized spacial score (nSPS) is 11.1. The van der Waals surface area contributed by atoms with E-state index in [2.05, 4.69) is 5.32 Å². The van der Waals surface area contributed by atoms with E-state index in [0.717, 1.165) is 0 Å². The Kier molecular flexibility index (Phi) is 3.99. The highest BCUT2D eigenvalue weighted by Crippen LogP contribution is 2.00. The van der Waals surface area contributed by atoms with Crippen LogP contribution in [0.5, 0.6) is 0 Å². The van der Waals surface area contributed by atoms with Crippen LogP contribution in [0, 0.1) is 0 Å². The average molecular weight is 176 g/mol. The monoisotopic (exact) mass is 176 g/mol. The molecule has 72 valence electrons. The lowest BCUT2D eigenvalue weighted by atomic mass is 10.1. The standard InChI is InChI=1S/C7H16N2O3/c1-7(4-10,5-11)8-6(12)9(2)3/h10-11H,4-5H2,1-3H3,(H,8,12). The molecule has 0 bridgehead atoms. The van der Waals surface area contributed by atoms with Gasteiger partial charge in [-0.1, -0.05) is 0 Å².